The number of halogens is 6. The second-order valence-corrected chi connectivity index (χ2v) is 9.03. The second-order valence-electron chi connectivity index (χ2n) is 8.62. The van der Waals surface area contributed by atoms with Gasteiger partial charge in [0, 0.05) is 30.3 Å². The highest BCUT2D eigenvalue weighted by Crippen LogP contribution is 2.29. The van der Waals surface area contributed by atoms with Crippen molar-refractivity contribution in [2.45, 2.75) is 26.1 Å². The fourth-order valence-corrected chi connectivity index (χ4v) is 4.11. The van der Waals surface area contributed by atoms with Gasteiger partial charge in [-0.25, -0.2) is 41.1 Å². The first-order valence-electron chi connectivity index (χ1n) is 11.4. The summed E-state index contributed by atoms with van der Waals surface area (Å²) in [6, 6.07) is 3.69. The Morgan fingerprint density at radius 2 is 1.73 bits per heavy atom. The van der Waals surface area contributed by atoms with Crippen LogP contribution >= 0.6 is 11.6 Å². The maximum atomic E-state index is 14.5. The lowest BCUT2D eigenvalue weighted by atomic mass is 10.2. The van der Waals surface area contributed by atoms with Crippen molar-refractivity contribution in [3.63, 3.8) is 0 Å². The maximum absolute atomic E-state index is 14.5. The van der Waals surface area contributed by atoms with Gasteiger partial charge in [0.05, 0.1) is 29.3 Å². The van der Waals surface area contributed by atoms with Gasteiger partial charge in [0.15, 0.2) is 17.5 Å². The number of rotatable bonds is 8. The van der Waals surface area contributed by atoms with E-state index in [9.17, 15) is 31.5 Å². The zero-order valence-electron chi connectivity index (χ0n) is 20.3. The molecule has 0 bridgehead atoms. The molecule has 0 saturated heterocycles. The monoisotopic (exact) mass is 581 g/mol. The summed E-state index contributed by atoms with van der Waals surface area (Å²) in [5.74, 6) is -4.24. The van der Waals surface area contributed by atoms with Gasteiger partial charge >= 0.3 is 11.4 Å². The molecule has 0 amide bonds. The summed E-state index contributed by atoms with van der Waals surface area (Å²) in [4.78, 5) is 34.2. The number of nitrogens with one attached hydrogen (secondary N) is 1. The summed E-state index contributed by atoms with van der Waals surface area (Å²) in [6.07, 6.45) is 0.0453. The van der Waals surface area contributed by atoms with E-state index in [2.05, 4.69) is 25.5 Å². The van der Waals surface area contributed by atoms with E-state index in [1.165, 1.54) is 29.3 Å². The molecule has 5 aromatic rings. The molecule has 3 heterocycles. The molecule has 1 N–H and O–H groups in total. The molecule has 0 atom stereocenters. The van der Waals surface area contributed by atoms with Crippen LogP contribution in [-0.4, -0.2) is 45.1 Å². The highest BCUT2D eigenvalue weighted by Gasteiger charge is 2.20. The fraction of sp³-hybridized carbons (Fsp3) is 0.217. The topological polar surface area (TPSA) is 117 Å². The predicted molar refractivity (Wildman–Crippen MR) is 132 cm³/mol. The Morgan fingerprint density at radius 3 is 2.42 bits per heavy atom. The molecule has 5 rings (SSSR count). The molecule has 3 aromatic heterocycles. The fourth-order valence-electron chi connectivity index (χ4n) is 3.90. The van der Waals surface area contributed by atoms with Crippen LogP contribution in [0.1, 0.15) is 11.4 Å². The van der Waals surface area contributed by atoms with E-state index in [0.29, 0.717) is 27.6 Å². The molecule has 0 radical (unpaired) electrons. The molecule has 0 aliphatic carbocycles. The van der Waals surface area contributed by atoms with Crippen LogP contribution in [-0.2, 0) is 26.7 Å². The molecule has 40 heavy (non-hydrogen) atoms. The summed E-state index contributed by atoms with van der Waals surface area (Å²) >= 11 is 6.34. The minimum Gasteiger partial charge on any atom is -0.324 e. The van der Waals surface area contributed by atoms with Gasteiger partial charge in [-0.2, -0.15) is 15.2 Å². The summed E-state index contributed by atoms with van der Waals surface area (Å²) < 4.78 is 71.4. The molecule has 0 unspecified atom stereocenters. The summed E-state index contributed by atoms with van der Waals surface area (Å²) in [5.41, 5.74) is -2.05. The third-order valence-electron chi connectivity index (χ3n) is 5.73. The standard InChI is InChI=1S/C23H17ClF5N9O2/c1-35-10-30-20(34-35)9-38-22(39)32-21(37(23(38)40)7-11-2-15(26)16(27)5-14(11)25)31-18-3-12-6-36(8-19(28)29)33-17(12)4-13(18)24/h2-6,10,19H,7-9H2,1H3,(H,31,32,39). The van der Waals surface area contributed by atoms with E-state index < -0.39 is 59.9 Å². The predicted octanol–water partition coefficient (Wildman–Crippen LogP) is 3.06. The van der Waals surface area contributed by atoms with E-state index in [4.69, 9.17) is 11.6 Å². The first-order chi connectivity index (χ1) is 19.0. The van der Waals surface area contributed by atoms with Crippen LogP contribution in [0.3, 0.4) is 0 Å². The summed E-state index contributed by atoms with van der Waals surface area (Å²) in [5, 5.41) is 11.2. The van der Waals surface area contributed by atoms with Crippen molar-refractivity contribution in [1.82, 2.24) is 38.7 Å². The Labute approximate surface area is 225 Å². The molecular weight excluding hydrogens is 565 g/mol. The third-order valence-corrected chi connectivity index (χ3v) is 6.04. The van der Waals surface area contributed by atoms with Crippen molar-refractivity contribution in [2.75, 3.05) is 5.32 Å². The molecule has 0 fully saturated rings. The number of hydrogen-bond donors (Lipinski definition) is 1. The number of aryl methyl sites for hydroxylation is 1. The highest BCUT2D eigenvalue weighted by atomic mass is 35.5. The van der Waals surface area contributed by atoms with Gasteiger partial charge < -0.3 is 5.32 Å². The average molecular weight is 582 g/mol. The molecule has 2 aromatic carbocycles. The van der Waals surface area contributed by atoms with E-state index in [-0.39, 0.29) is 23.1 Å². The van der Waals surface area contributed by atoms with Gasteiger partial charge in [0.25, 0.3) is 6.43 Å². The molecule has 0 spiro atoms. The Bertz CT molecular complexity index is 1860. The highest BCUT2D eigenvalue weighted by molar-refractivity contribution is 6.34. The molecule has 0 aliphatic heterocycles. The van der Waals surface area contributed by atoms with Crippen LogP contribution in [0.5, 0.6) is 0 Å². The number of nitrogens with zero attached hydrogens (tertiary/aromatic N) is 8. The third kappa shape index (κ3) is 5.42. The summed E-state index contributed by atoms with van der Waals surface area (Å²) in [7, 11) is 1.58. The van der Waals surface area contributed by atoms with Crippen molar-refractivity contribution < 1.29 is 22.0 Å². The quantitative estimate of drug-likeness (QED) is 0.221. The Kier molecular flexibility index (Phi) is 7.10. The number of fused-ring (bicyclic) bond motifs is 1. The normalized spacial score (nSPS) is 11.6. The van der Waals surface area contributed by atoms with Gasteiger partial charge in [0.1, 0.15) is 18.7 Å². The van der Waals surface area contributed by atoms with Gasteiger partial charge in [-0.1, -0.05) is 11.6 Å². The SMILES string of the molecule is Cn1cnc(Cn2c(=O)nc(Nc3cc4cn(CC(F)F)nc4cc3Cl)n(Cc3cc(F)c(F)cc3F)c2=O)n1. The molecule has 208 valence electrons. The molecule has 0 saturated carbocycles. The molecular formula is C23H17ClF5N9O2. The second kappa shape index (κ2) is 10.5. The number of anilines is 2. The smallest absolute Gasteiger partial charge is 0.324 e. The zero-order valence-corrected chi connectivity index (χ0v) is 21.1. The Hall–Kier alpha value is -4.60. The van der Waals surface area contributed by atoms with E-state index >= 15 is 0 Å². The van der Waals surface area contributed by atoms with Crippen LogP contribution in [0.2, 0.25) is 5.02 Å². The van der Waals surface area contributed by atoms with Crippen molar-refractivity contribution in [1.29, 1.82) is 0 Å². The average Bonchev–Trinajstić information content (AvgIpc) is 3.46. The van der Waals surface area contributed by atoms with Crippen LogP contribution < -0.4 is 16.7 Å². The van der Waals surface area contributed by atoms with Crippen molar-refractivity contribution in [3.05, 3.63) is 91.6 Å². The van der Waals surface area contributed by atoms with Crippen molar-refractivity contribution >= 4 is 34.1 Å². The Morgan fingerprint density at radius 1 is 0.975 bits per heavy atom. The van der Waals surface area contributed by atoms with Gasteiger partial charge in [-0.3, -0.25) is 13.9 Å². The largest absolute Gasteiger partial charge is 0.355 e. The molecule has 11 nitrogen and oxygen atoms in total. The first-order valence-corrected chi connectivity index (χ1v) is 11.8. The number of benzene rings is 2. The van der Waals surface area contributed by atoms with Crippen LogP contribution in [0.15, 0.2) is 46.4 Å². The Balaban J connectivity index is 1.61. The number of hydrogen-bond acceptors (Lipinski definition) is 7. The molecule has 17 heteroatoms. The minimum atomic E-state index is -2.65. The van der Waals surface area contributed by atoms with Crippen molar-refractivity contribution in [3.8, 4) is 0 Å². The van der Waals surface area contributed by atoms with Crippen LogP contribution in [0.25, 0.3) is 10.9 Å². The lowest BCUT2D eigenvalue weighted by Crippen LogP contribution is -2.43. The minimum absolute atomic E-state index is 0.0245. The first kappa shape index (κ1) is 27.0. The van der Waals surface area contributed by atoms with Crippen LogP contribution in [0.4, 0.5) is 33.6 Å². The molecule has 0 aliphatic rings. The van der Waals surface area contributed by atoms with Crippen molar-refractivity contribution in [2.24, 2.45) is 7.05 Å². The number of alkyl halides is 2. The van der Waals surface area contributed by atoms with E-state index in [1.54, 1.807) is 7.05 Å². The van der Waals surface area contributed by atoms with E-state index in [0.717, 1.165) is 9.25 Å². The lowest BCUT2D eigenvalue weighted by molar-refractivity contribution is 0.122. The zero-order chi connectivity index (χ0) is 28.7. The number of aromatic nitrogens is 8. The van der Waals surface area contributed by atoms with E-state index in [1.807, 2.05) is 0 Å². The van der Waals surface area contributed by atoms with Gasteiger partial charge in [-0.05, 0) is 18.2 Å². The van der Waals surface area contributed by atoms with Gasteiger partial charge in [-0.15, -0.1) is 0 Å². The van der Waals surface area contributed by atoms with Crippen LogP contribution in [0, 0.1) is 17.5 Å². The van der Waals surface area contributed by atoms with Gasteiger partial charge in [0.2, 0.25) is 5.95 Å². The maximum Gasteiger partial charge on any atom is 0.355 e. The summed E-state index contributed by atoms with van der Waals surface area (Å²) in [6.45, 7) is -1.71. The lowest BCUT2D eigenvalue weighted by Gasteiger charge is -2.16.